The predicted molar refractivity (Wildman–Crippen MR) is 87.4 cm³/mol. The minimum Gasteiger partial charge on any atom is -0.355 e. The Balaban J connectivity index is 1.88. The summed E-state index contributed by atoms with van der Waals surface area (Å²) < 4.78 is 39.3. The fourth-order valence-corrected chi connectivity index (χ4v) is 4.49. The third kappa shape index (κ3) is 4.83. The van der Waals surface area contributed by atoms with Gasteiger partial charge in [-0.3, -0.25) is 9.00 Å². The first-order valence-electron chi connectivity index (χ1n) is 8.12. The van der Waals surface area contributed by atoms with Crippen molar-refractivity contribution in [3.05, 3.63) is 35.4 Å². The number of nitrogens with one attached hydrogen (secondary N) is 1. The van der Waals surface area contributed by atoms with Gasteiger partial charge in [-0.25, -0.2) is 8.78 Å². The molecular weight excluding hydrogens is 320 g/mol. The number of hydrogen-bond acceptors (Lipinski definition) is 2. The number of hydrogen-bond donors (Lipinski definition) is 1. The van der Waals surface area contributed by atoms with E-state index in [1.807, 2.05) is 6.92 Å². The minimum atomic E-state index is -1.32. The SMILES string of the molecule is CC[C@H](c1ccc(F)cc1F)[S@](=O)CCNC(=O)C1CCCC1. The summed E-state index contributed by atoms with van der Waals surface area (Å²) in [5.41, 5.74) is 0.273. The van der Waals surface area contributed by atoms with Crippen LogP contribution in [0, 0.1) is 17.6 Å². The number of benzene rings is 1. The molecule has 0 radical (unpaired) electrons. The maximum absolute atomic E-state index is 13.9. The molecule has 0 aromatic heterocycles. The van der Waals surface area contributed by atoms with Crippen LogP contribution in [0.3, 0.4) is 0 Å². The van der Waals surface area contributed by atoms with Crippen molar-refractivity contribution in [3.63, 3.8) is 0 Å². The lowest BCUT2D eigenvalue weighted by Crippen LogP contribution is -2.33. The Morgan fingerprint density at radius 3 is 2.65 bits per heavy atom. The molecule has 1 aromatic rings. The van der Waals surface area contributed by atoms with Gasteiger partial charge in [0.05, 0.1) is 5.25 Å². The van der Waals surface area contributed by atoms with Crippen LogP contribution in [-0.4, -0.2) is 22.4 Å². The van der Waals surface area contributed by atoms with Gasteiger partial charge in [-0.15, -0.1) is 0 Å². The standard InChI is InChI=1S/C17H23F2NO2S/c1-2-16(14-8-7-13(18)11-15(14)19)23(22)10-9-20-17(21)12-5-3-4-6-12/h7-8,11-12,16H,2-6,9-10H2,1H3,(H,20,21)/t16-,23-/m1/s1. The van der Waals surface area contributed by atoms with Crippen molar-refractivity contribution < 1.29 is 17.8 Å². The Morgan fingerprint density at radius 2 is 2.04 bits per heavy atom. The van der Waals surface area contributed by atoms with Crippen molar-refractivity contribution >= 4 is 16.7 Å². The van der Waals surface area contributed by atoms with Gasteiger partial charge in [-0.1, -0.05) is 25.8 Å². The normalized spacial score (nSPS) is 17.9. The molecule has 6 heteroatoms. The average Bonchev–Trinajstić information content (AvgIpc) is 3.04. The van der Waals surface area contributed by atoms with E-state index < -0.39 is 27.7 Å². The van der Waals surface area contributed by atoms with Crippen LogP contribution in [-0.2, 0) is 15.6 Å². The highest BCUT2D eigenvalue weighted by molar-refractivity contribution is 7.85. The van der Waals surface area contributed by atoms with Gasteiger partial charge in [0.25, 0.3) is 0 Å². The summed E-state index contributed by atoms with van der Waals surface area (Å²) in [6.45, 7) is 2.14. The van der Waals surface area contributed by atoms with Gasteiger partial charge in [0.15, 0.2) is 0 Å². The number of halogens is 2. The van der Waals surface area contributed by atoms with Gasteiger partial charge in [0.1, 0.15) is 11.6 Å². The molecule has 1 aromatic carbocycles. The first-order valence-corrected chi connectivity index (χ1v) is 9.51. The summed E-state index contributed by atoms with van der Waals surface area (Å²) >= 11 is 0. The van der Waals surface area contributed by atoms with Gasteiger partial charge < -0.3 is 5.32 Å². The van der Waals surface area contributed by atoms with Crippen LogP contribution in [0.25, 0.3) is 0 Å². The van der Waals surface area contributed by atoms with Crippen LogP contribution in [0.1, 0.15) is 49.8 Å². The molecule has 0 bridgehead atoms. The second kappa shape index (κ2) is 8.52. The molecule has 3 nitrogen and oxygen atoms in total. The van der Waals surface area contributed by atoms with Gasteiger partial charge in [-0.2, -0.15) is 0 Å². The van der Waals surface area contributed by atoms with Crippen LogP contribution in [0.2, 0.25) is 0 Å². The molecule has 2 atom stereocenters. The van der Waals surface area contributed by atoms with E-state index in [0.717, 1.165) is 31.7 Å². The lowest BCUT2D eigenvalue weighted by atomic mass is 10.1. The van der Waals surface area contributed by atoms with Gasteiger partial charge in [0.2, 0.25) is 5.91 Å². The molecule has 23 heavy (non-hydrogen) atoms. The zero-order valence-electron chi connectivity index (χ0n) is 13.3. The van der Waals surface area contributed by atoms with E-state index >= 15 is 0 Å². The maximum atomic E-state index is 13.9. The highest BCUT2D eigenvalue weighted by Gasteiger charge is 2.24. The summed E-state index contributed by atoms with van der Waals surface area (Å²) in [4.78, 5) is 11.9. The lowest BCUT2D eigenvalue weighted by Gasteiger charge is -2.17. The van der Waals surface area contributed by atoms with E-state index in [2.05, 4.69) is 5.32 Å². The quantitative estimate of drug-likeness (QED) is 0.824. The lowest BCUT2D eigenvalue weighted by molar-refractivity contribution is -0.124. The summed E-state index contributed by atoms with van der Waals surface area (Å²) in [5.74, 6) is -0.926. The molecule has 0 unspecified atom stereocenters. The first kappa shape index (κ1) is 18.0. The molecule has 1 N–H and O–H groups in total. The third-order valence-electron chi connectivity index (χ3n) is 4.33. The molecule has 1 aliphatic rings. The molecule has 0 saturated heterocycles. The van der Waals surface area contributed by atoms with Crippen molar-refractivity contribution in [2.24, 2.45) is 5.92 Å². The Labute approximate surface area is 138 Å². The highest BCUT2D eigenvalue weighted by atomic mass is 32.2. The van der Waals surface area contributed by atoms with E-state index in [-0.39, 0.29) is 23.1 Å². The number of carbonyl (C=O) groups excluding carboxylic acids is 1. The van der Waals surface area contributed by atoms with Crippen molar-refractivity contribution in [1.29, 1.82) is 0 Å². The topological polar surface area (TPSA) is 46.2 Å². The monoisotopic (exact) mass is 343 g/mol. The van der Waals surface area contributed by atoms with E-state index in [1.165, 1.54) is 12.1 Å². The Morgan fingerprint density at radius 1 is 1.35 bits per heavy atom. The van der Waals surface area contributed by atoms with Crippen molar-refractivity contribution in [2.75, 3.05) is 12.3 Å². The molecule has 2 rings (SSSR count). The fraction of sp³-hybridized carbons (Fsp3) is 0.588. The minimum absolute atomic E-state index is 0.0283. The summed E-state index contributed by atoms with van der Waals surface area (Å²) in [5, 5.41) is 2.34. The van der Waals surface area contributed by atoms with Crippen molar-refractivity contribution in [1.82, 2.24) is 5.32 Å². The summed E-state index contributed by atoms with van der Waals surface area (Å²) in [7, 11) is -1.32. The molecule has 0 aliphatic heterocycles. The number of rotatable bonds is 7. The zero-order valence-corrected chi connectivity index (χ0v) is 14.1. The van der Waals surface area contributed by atoms with Crippen LogP contribution in [0.15, 0.2) is 18.2 Å². The predicted octanol–water partition coefficient (Wildman–Crippen LogP) is 3.47. The molecule has 0 heterocycles. The van der Waals surface area contributed by atoms with Crippen molar-refractivity contribution in [3.8, 4) is 0 Å². The number of amides is 1. The Bertz CT molecular complexity index is 574. The van der Waals surface area contributed by atoms with E-state index in [1.54, 1.807) is 0 Å². The molecule has 128 valence electrons. The smallest absolute Gasteiger partial charge is 0.223 e. The molecule has 1 saturated carbocycles. The van der Waals surface area contributed by atoms with Crippen LogP contribution in [0.4, 0.5) is 8.78 Å². The fourth-order valence-electron chi connectivity index (χ4n) is 3.06. The average molecular weight is 343 g/mol. The van der Waals surface area contributed by atoms with E-state index in [4.69, 9.17) is 0 Å². The highest BCUT2D eigenvalue weighted by Crippen LogP contribution is 2.27. The maximum Gasteiger partial charge on any atom is 0.223 e. The third-order valence-corrected chi connectivity index (χ3v) is 6.15. The van der Waals surface area contributed by atoms with Crippen LogP contribution >= 0.6 is 0 Å². The largest absolute Gasteiger partial charge is 0.355 e. The molecule has 1 aliphatic carbocycles. The number of carbonyl (C=O) groups is 1. The molecular formula is C17H23F2NO2S. The van der Waals surface area contributed by atoms with Crippen LogP contribution < -0.4 is 5.32 Å². The molecule has 0 spiro atoms. The van der Waals surface area contributed by atoms with Gasteiger partial charge in [0, 0.05) is 40.6 Å². The summed E-state index contributed by atoms with van der Waals surface area (Å²) in [6.07, 6.45) is 4.52. The van der Waals surface area contributed by atoms with Crippen molar-refractivity contribution in [2.45, 2.75) is 44.3 Å². The zero-order chi connectivity index (χ0) is 16.8. The molecule has 1 fully saturated rings. The van der Waals surface area contributed by atoms with Gasteiger partial charge >= 0.3 is 0 Å². The van der Waals surface area contributed by atoms with E-state index in [9.17, 15) is 17.8 Å². The van der Waals surface area contributed by atoms with E-state index in [0.29, 0.717) is 13.0 Å². The van der Waals surface area contributed by atoms with Crippen LogP contribution in [0.5, 0.6) is 0 Å². The first-order chi connectivity index (χ1) is 11.0. The summed E-state index contributed by atoms with van der Waals surface area (Å²) in [6, 6.07) is 3.35. The second-order valence-electron chi connectivity index (χ2n) is 5.92. The second-order valence-corrected chi connectivity index (χ2v) is 7.66. The molecule has 1 amide bonds. The Hall–Kier alpha value is -1.30. The Kier molecular flexibility index (Phi) is 6.69. The van der Waals surface area contributed by atoms with Gasteiger partial charge in [-0.05, 0) is 25.3 Å².